The lowest BCUT2D eigenvalue weighted by atomic mass is 10.0. The second-order valence-corrected chi connectivity index (χ2v) is 5.83. The first kappa shape index (κ1) is 13.3. The number of aryl methyl sites for hydroxylation is 2. The highest BCUT2D eigenvalue weighted by atomic mass is 32.1. The van der Waals surface area contributed by atoms with Gasteiger partial charge < -0.3 is 5.32 Å². The Morgan fingerprint density at radius 1 is 1.22 bits per heavy atom. The van der Waals surface area contributed by atoms with E-state index in [2.05, 4.69) is 61.1 Å². The highest BCUT2D eigenvalue weighted by Crippen LogP contribution is 2.14. The molecule has 1 unspecified atom stereocenters. The first-order valence-electron chi connectivity index (χ1n) is 6.53. The first-order valence-corrected chi connectivity index (χ1v) is 7.41. The van der Waals surface area contributed by atoms with Crippen molar-refractivity contribution in [2.24, 2.45) is 0 Å². The minimum absolute atomic E-state index is 0.573. The third-order valence-electron chi connectivity index (χ3n) is 3.30. The number of benzene rings is 1. The Bertz CT molecular complexity index is 462. The molecule has 0 fully saturated rings. The molecule has 1 nitrogen and oxygen atoms in total. The summed E-state index contributed by atoms with van der Waals surface area (Å²) >= 11 is 1.85. The van der Waals surface area contributed by atoms with E-state index in [4.69, 9.17) is 0 Å². The van der Waals surface area contributed by atoms with Crippen molar-refractivity contribution >= 4 is 11.3 Å². The Labute approximate surface area is 114 Å². The normalized spacial score (nSPS) is 12.6. The molecule has 1 aromatic heterocycles. The predicted molar refractivity (Wildman–Crippen MR) is 80.4 cm³/mol. The smallest absolute Gasteiger partial charge is 0.0115 e. The molecule has 0 saturated heterocycles. The summed E-state index contributed by atoms with van der Waals surface area (Å²) in [4.78, 5) is 1.47. The number of likely N-dealkylation sites (N-methyl/N-ethyl adjacent to an activating group) is 1. The van der Waals surface area contributed by atoms with E-state index in [0.29, 0.717) is 6.04 Å². The van der Waals surface area contributed by atoms with Gasteiger partial charge >= 0.3 is 0 Å². The van der Waals surface area contributed by atoms with Gasteiger partial charge in [0.2, 0.25) is 0 Å². The molecule has 0 bridgehead atoms. The van der Waals surface area contributed by atoms with Gasteiger partial charge in [-0.1, -0.05) is 35.9 Å². The molecule has 1 aromatic carbocycles. The molecule has 0 aliphatic heterocycles. The Hall–Kier alpha value is -1.12. The van der Waals surface area contributed by atoms with Crippen molar-refractivity contribution in [3.8, 4) is 0 Å². The average molecular weight is 259 g/mol. The van der Waals surface area contributed by atoms with Crippen molar-refractivity contribution in [3.63, 3.8) is 0 Å². The molecule has 0 saturated carbocycles. The summed E-state index contributed by atoms with van der Waals surface area (Å²) in [6, 6.07) is 13.8. The summed E-state index contributed by atoms with van der Waals surface area (Å²) in [5, 5.41) is 5.59. The number of hydrogen-bond acceptors (Lipinski definition) is 2. The summed E-state index contributed by atoms with van der Waals surface area (Å²) < 4.78 is 0. The van der Waals surface area contributed by atoms with E-state index in [0.717, 1.165) is 12.8 Å². The molecule has 0 amide bonds. The van der Waals surface area contributed by atoms with Gasteiger partial charge in [0.15, 0.2) is 0 Å². The third kappa shape index (κ3) is 3.97. The largest absolute Gasteiger partial charge is 0.317 e. The van der Waals surface area contributed by atoms with Crippen LogP contribution in [0.5, 0.6) is 0 Å². The highest BCUT2D eigenvalue weighted by Gasteiger charge is 2.08. The summed E-state index contributed by atoms with van der Waals surface area (Å²) in [6.45, 7) is 2.16. The van der Waals surface area contributed by atoms with Crippen molar-refractivity contribution < 1.29 is 0 Å². The number of nitrogens with one attached hydrogen (secondary N) is 1. The van der Waals surface area contributed by atoms with Crippen molar-refractivity contribution in [3.05, 3.63) is 57.8 Å². The van der Waals surface area contributed by atoms with Crippen LogP contribution in [0.25, 0.3) is 0 Å². The van der Waals surface area contributed by atoms with E-state index < -0.39 is 0 Å². The summed E-state index contributed by atoms with van der Waals surface area (Å²) in [6.07, 6.45) is 3.48. The van der Waals surface area contributed by atoms with E-state index >= 15 is 0 Å². The van der Waals surface area contributed by atoms with Gasteiger partial charge in [0, 0.05) is 10.9 Å². The molecule has 2 rings (SSSR count). The summed E-state index contributed by atoms with van der Waals surface area (Å²) in [7, 11) is 2.06. The van der Waals surface area contributed by atoms with Crippen LogP contribution < -0.4 is 5.32 Å². The predicted octanol–water partition coefficient (Wildman–Crippen LogP) is 3.82. The topological polar surface area (TPSA) is 12.0 Å². The minimum Gasteiger partial charge on any atom is -0.317 e. The zero-order valence-electron chi connectivity index (χ0n) is 11.1. The standard InChI is InChI=1S/C16H21NS/c1-13-5-3-6-14(11-13)8-9-15(17-2)12-16-7-4-10-18-16/h3-7,10-11,15,17H,8-9,12H2,1-2H3. The van der Waals surface area contributed by atoms with E-state index in [1.165, 1.54) is 22.4 Å². The quantitative estimate of drug-likeness (QED) is 0.831. The lowest BCUT2D eigenvalue weighted by Crippen LogP contribution is -2.27. The molecule has 0 aliphatic carbocycles. The first-order chi connectivity index (χ1) is 8.78. The Balaban J connectivity index is 1.87. The van der Waals surface area contributed by atoms with Gasteiger partial charge in [0.25, 0.3) is 0 Å². The molecule has 2 heteroatoms. The van der Waals surface area contributed by atoms with Crippen LogP contribution in [0.3, 0.4) is 0 Å². The third-order valence-corrected chi connectivity index (χ3v) is 4.20. The SMILES string of the molecule is CNC(CCc1cccc(C)c1)Cc1cccs1. The summed E-state index contributed by atoms with van der Waals surface area (Å²) in [5.74, 6) is 0. The van der Waals surface area contributed by atoms with Crippen LogP contribution in [0.1, 0.15) is 22.4 Å². The highest BCUT2D eigenvalue weighted by molar-refractivity contribution is 7.09. The van der Waals surface area contributed by atoms with E-state index in [-0.39, 0.29) is 0 Å². The van der Waals surface area contributed by atoms with Crippen LogP contribution in [0, 0.1) is 6.92 Å². The monoisotopic (exact) mass is 259 g/mol. The average Bonchev–Trinajstić information content (AvgIpc) is 2.87. The van der Waals surface area contributed by atoms with Crippen LogP contribution in [-0.2, 0) is 12.8 Å². The molecule has 96 valence electrons. The van der Waals surface area contributed by atoms with Crippen LogP contribution in [-0.4, -0.2) is 13.1 Å². The zero-order valence-corrected chi connectivity index (χ0v) is 12.0. The van der Waals surface area contributed by atoms with Crippen molar-refractivity contribution in [2.45, 2.75) is 32.2 Å². The molecule has 0 spiro atoms. The lowest BCUT2D eigenvalue weighted by Gasteiger charge is -2.15. The Morgan fingerprint density at radius 3 is 2.78 bits per heavy atom. The van der Waals surface area contributed by atoms with Crippen LogP contribution in [0.4, 0.5) is 0 Å². The van der Waals surface area contributed by atoms with Gasteiger partial charge in [0.05, 0.1) is 0 Å². The second-order valence-electron chi connectivity index (χ2n) is 4.80. The summed E-state index contributed by atoms with van der Waals surface area (Å²) in [5.41, 5.74) is 2.80. The Kier molecular flexibility index (Phi) is 4.97. The second kappa shape index (κ2) is 6.72. The molecule has 18 heavy (non-hydrogen) atoms. The van der Waals surface area contributed by atoms with Crippen LogP contribution >= 0.6 is 11.3 Å². The number of hydrogen-bond donors (Lipinski definition) is 1. The molecule has 1 N–H and O–H groups in total. The van der Waals surface area contributed by atoms with Gasteiger partial charge in [-0.15, -0.1) is 11.3 Å². The molecular weight excluding hydrogens is 238 g/mol. The van der Waals surface area contributed by atoms with Crippen molar-refractivity contribution in [1.82, 2.24) is 5.32 Å². The van der Waals surface area contributed by atoms with E-state index in [9.17, 15) is 0 Å². The van der Waals surface area contributed by atoms with Gasteiger partial charge in [-0.2, -0.15) is 0 Å². The Morgan fingerprint density at radius 2 is 2.11 bits per heavy atom. The van der Waals surface area contributed by atoms with Gasteiger partial charge in [0.1, 0.15) is 0 Å². The lowest BCUT2D eigenvalue weighted by molar-refractivity contribution is 0.523. The maximum atomic E-state index is 3.43. The van der Waals surface area contributed by atoms with Crippen LogP contribution in [0.2, 0.25) is 0 Å². The molecule has 1 atom stereocenters. The minimum atomic E-state index is 0.573. The molecule has 0 radical (unpaired) electrons. The fraction of sp³-hybridized carbons (Fsp3) is 0.375. The number of rotatable bonds is 6. The maximum absolute atomic E-state index is 3.43. The molecule has 1 heterocycles. The van der Waals surface area contributed by atoms with E-state index in [1.807, 2.05) is 11.3 Å². The van der Waals surface area contributed by atoms with Gasteiger partial charge in [-0.25, -0.2) is 0 Å². The molecular formula is C16H21NS. The number of thiophene rings is 1. The van der Waals surface area contributed by atoms with Gasteiger partial charge in [-0.3, -0.25) is 0 Å². The fourth-order valence-corrected chi connectivity index (χ4v) is 3.02. The van der Waals surface area contributed by atoms with Crippen LogP contribution in [0.15, 0.2) is 41.8 Å². The maximum Gasteiger partial charge on any atom is 0.0115 e. The molecule has 2 aromatic rings. The zero-order chi connectivity index (χ0) is 12.8. The van der Waals surface area contributed by atoms with Crippen molar-refractivity contribution in [2.75, 3.05) is 7.05 Å². The van der Waals surface area contributed by atoms with Crippen molar-refractivity contribution in [1.29, 1.82) is 0 Å². The van der Waals surface area contributed by atoms with E-state index in [1.54, 1.807) is 0 Å². The fourth-order valence-electron chi connectivity index (χ4n) is 2.23. The molecule has 0 aliphatic rings. The van der Waals surface area contributed by atoms with Gasteiger partial charge in [-0.05, 0) is 50.2 Å².